The number of nitriles is 1. The van der Waals surface area contributed by atoms with Crippen molar-refractivity contribution in [2.45, 2.75) is 45.1 Å². The van der Waals surface area contributed by atoms with E-state index in [-0.39, 0.29) is 5.91 Å². The Hall–Kier alpha value is -2.61. The van der Waals surface area contributed by atoms with Crippen molar-refractivity contribution in [3.8, 4) is 6.07 Å². The molecule has 0 atom stereocenters. The Morgan fingerprint density at radius 1 is 1.28 bits per heavy atom. The van der Waals surface area contributed by atoms with Gasteiger partial charge in [0.15, 0.2) is 0 Å². The van der Waals surface area contributed by atoms with Crippen molar-refractivity contribution in [1.29, 1.82) is 5.26 Å². The molecule has 1 aromatic heterocycles. The zero-order valence-corrected chi connectivity index (χ0v) is 14.9. The topological polar surface area (TPSA) is 61.9 Å². The number of nitrogens with zero attached hydrogens (tertiary/aromatic N) is 4. The van der Waals surface area contributed by atoms with E-state index in [0.29, 0.717) is 31.5 Å². The van der Waals surface area contributed by atoms with Crippen LogP contribution in [0.1, 0.15) is 47.8 Å². The average molecular weight is 336 g/mol. The first-order valence-electron chi connectivity index (χ1n) is 8.90. The average Bonchev–Trinajstić information content (AvgIpc) is 3.03. The Kier molecular flexibility index (Phi) is 4.89. The van der Waals surface area contributed by atoms with E-state index in [9.17, 15) is 10.1 Å². The van der Waals surface area contributed by atoms with Gasteiger partial charge < -0.3 is 4.90 Å². The quantitative estimate of drug-likeness (QED) is 0.860. The Morgan fingerprint density at radius 3 is 2.56 bits per heavy atom. The van der Waals surface area contributed by atoms with Crippen LogP contribution in [-0.4, -0.2) is 33.7 Å². The Bertz CT molecular complexity index is 780. The fourth-order valence-corrected chi connectivity index (χ4v) is 3.58. The fourth-order valence-electron chi connectivity index (χ4n) is 3.58. The molecule has 2 heterocycles. The minimum atomic E-state index is -0.487. The van der Waals surface area contributed by atoms with Crippen LogP contribution in [0.25, 0.3) is 0 Å². The second-order valence-corrected chi connectivity index (χ2v) is 6.72. The van der Waals surface area contributed by atoms with E-state index >= 15 is 0 Å². The highest BCUT2D eigenvalue weighted by molar-refractivity contribution is 5.95. The minimum Gasteiger partial charge on any atom is -0.338 e. The van der Waals surface area contributed by atoms with Crippen LogP contribution < -0.4 is 0 Å². The molecule has 5 heteroatoms. The van der Waals surface area contributed by atoms with Gasteiger partial charge in [-0.25, -0.2) is 0 Å². The van der Waals surface area contributed by atoms with Gasteiger partial charge in [-0.3, -0.25) is 9.48 Å². The highest BCUT2D eigenvalue weighted by Crippen LogP contribution is 2.35. The summed E-state index contributed by atoms with van der Waals surface area (Å²) in [5, 5.41) is 14.1. The summed E-state index contributed by atoms with van der Waals surface area (Å²) < 4.78 is 1.89. The van der Waals surface area contributed by atoms with E-state index in [0.717, 1.165) is 24.2 Å². The zero-order valence-electron chi connectivity index (χ0n) is 14.9. The van der Waals surface area contributed by atoms with Crippen molar-refractivity contribution in [2.24, 2.45) is 0 Å². The molecule has 1 saturated heterocycles. The molecule has 1 aromatic carbocycles. The minimum absolute atomic E-state index is 0.0273. The molecule has 0 radical (unpaired) electrons. The number of benzene rings is 1. The van der Waals surface area contributed by atoms with Crippen LogP contribution in [0, 0.1) is 18.3 Å². The Labute approximate surface area is 148 Å². The molecule has 1 aliphatic rings. The van der Waals surface area contributed by atoms with Crippen molar-refractivity contribution < 1.29 is 4.79 Å². The highest BCUT2D eigenvalue weighted by atomic mass is 16.2. The summed E-state index contributed by atoms with van der Waals surface area (Å²) in [5.41, 5.74) is 2.17. The van der Waals surface area contributed by atoms with Gasteiger partial charge >= 0.3 is 0 Å². The monoisotopic (exact) mass is 336 g/mol. The molecular formula is C20H24N4O. The number of rotatable bonds is 4. The van der Waals surface area contributed by atoms with Crippen molar-refractivity contribution >= 4 is 5.91 Å². The SMILES string of the molecule is CCCn1ncc(C(=O)N2CCC(C#N)(c3ccccc3)CC2)c1C. The first-order valence-corrected chi connectivity index (χ1v) is 8.90. The summed E-state index contributed by atoms with van der Waals surface area (Å²) >= 11 is 0. The molecule has 2 aromatic rings. The number of amides is 1. The zero-order chi connectivity index (χ0) is 17.9. The molecular weight excluding hydrogens is 312 g/mol. The maximum Gasteiger partial charge on any atom is 0.257 e. The van der Waals surface area contributed by atoms with Crippen LogP contribution in [0.4, 0.5) is 0 Å². The summed E-state index contributed by atoms with van der Waals surface area (Å²) in [7, 11) is 0. The summed E-state index contributed by atoms with van der Waals surface area (Å²) in [6.07, 6.45) is 4.00. The van der Waals surface area contributed by atoms with Crippen molar-refractivity contribution in [3.05, 3.63) is 53.3 Å². The molecule has 5 nitrogen and oxygen atoms in total. The van der Waals surface area contributed by atoms with E-state index in [2.05, 4.69) is 18.1 Å². The number of hydrogen-bond donors (Lipinski definition) is 0. The molecule has 0 spiro atoms. The molecule has 25 heavy (non-hydrogen) atoms. The van der Waals surface area contributed by atoms with Gasteiger partial charge in [0.05, 0.1) is 23.2 Å². The van der Waals surface area contributed by atoms with Crippen molar-refractivity contribution in [3.63, 3.8) is 0 Å². The largest absolute Gasteiger partial charge is 0.338 e. The third-order valence-electron chi connectivity index (χ3n) is 5.21. The van der Waals surface area contributed by atoms with Gasteiger partial charge in [0.2, 0.25) is 0 Å². The second kappa shape index (κ2) is 7.10. The third kappa shape index (κ3) is 3.17. The molecule has 0 N–H and O–H groups in total. The third-order valence-corrected chi connectivity index (χ3v) is 5.21. The number of aromatic nitrogens is 2. The van der Waals surface area contributed by atoms with Gasteiger partial charge in [-0.2, -0.15) is 10.4 Å². The lowest BCUT2D eigenvalue weighted by atomic mass is 9.74. The van der Waals surface area contributed by atoms with Gasteiger partial charge in [-0.05, 0) is 31.7 Å². The number of aryl methyl sites for hydroxylation is 1. The van der Waals surface area contributed by atoms with Gasteiger partial charge in [0.25, 0.3) is 5.91 Å². The van der Waals surface area contributed by atoms with Gasteiger partial charge in [0, 0.05) is 25.3 Å². The fraction of sp³-hybridized carbons (Fsp3) is 0.450. The standard InChI is InChI=1S/C20H24N4O/c1-3-11-24-16(2)18(14-22-24)19(25)23-12-9-20(15-21,10-13-23)17-7-5-4-6-8-17/h4-8,14H,3,9-13H2,1-2H3. The number of carbonyl (C=O) groups excluding carboxylic acids is 1. The van der Waals surface area contributed by atoms with E-state index in [1.165, 1.54) is 0 Å². The molecule has 0 bridgehead atoms. The maximum absolute atomic E-state index is 12.9. The van der Waals surface area contributed by atoms with Crippen LogP contribution in [0.2, 0.25) is 0 Å². The van der Waals surface area contributed by atoms with Gasteiger partial charge in [-0.15, -0.1) is 0 Å². The van der Waals surface area contributed by atoms with Crippen LogP contribution >= 0.6 is 0 Å². The first-order chi connectivity index (χ1) is 12.1. The Morgan fingerprint density at radius 2 is 1.96 bits per heavy atom. The molecule has 1 fully saturated rings. The van der Waals surface area contributed by atoms with Crippen LogP contribution in [0.5, 0.6) is 0 Å². The Balaban J connectivity index is 1.74. The first kappa shape index (κ1) is 17.2. The number of likely N-dealkylation sites (tertiary alicyclic amines) is 1. The van der Waals surface area contributed by atoms with E-state index in [1.54, 1.807) is 6.20 Å². The smallest absolute Gasteiger partial charge is 0.257 e. The number of carbonyl (C=O) groups is 1. The lowest BCUT2D eigenvalue weighted by Gasteiger charge is -2.37. The molecule has 130 valence electrons. The predicted octanol–water partition coefficient (Wildman–Crippen LogP) is 3.30. The molecule has 1 aliphatic heterocycles. The highest BCUT2D eigenvalue weighted by Gasteiger charge is 2.38. The molecule has 0 saturated carbocycles. The lowest BCUT2D eigenvalue weighted by molar-refractivity contribution is 0.0691. The van der Waals surface area contributed by atoms with E-state index in [1.807, 2.05) is 46.8 Å². The van der Waals surface area contributed by atoms with E-state index < -0.39 is 5.41 Å². The van der Waals surface area contributed by atoms with Crippen LogP contribution in [-0.2, 0) is 12.0 Å². The van der Waals surface area contributed by atoms with Crippen LogP contribution in [0.3, 0.4) is 0 Å². The summed E-state index contributed by atoms with van der Waals surface area (Å²) in [6, 6.07) is 12.4. The molecule has 3 rings (SSSR count). The van der Waals surface area contributed by atoms with Gasteiger partial charge in [0.1, 0.15) is 0 Å². The van der Waals surface area contributed by atoms with Crippen LogP contribution in [0.15, 0.2) is 36.5 Å². The molecule has 0 unspecified atom stereocenters. The normalized spacial score (nSPS) is 16.4. The summed E-state index contributed by atoms with van der Waals surface area (Å²) in [4.78, 5) is 14.7. The number of piperidine rings is 1. The van der Waals surface area contributed by atoms with Crippen molar-refractivity contribution in [1.82, 2.24) is 14.7 Å². The van der Waals surface area contributed by atoms with Crippen molar-refractivity contribution in [2.75, 3.05) is 13.1 Å². The number of hydrogen-bond acceptors (Lipinski definition) is 3. The van der Waals surface area contributed by atoms with E-state index in [4.69, 9.17) is 0 Å². The summed E-state index contributed by atoms with van der Waals surface area (Å²) in [6.45, 7) is 6.06. The lowest BCUT2D eigenvalue weighted by Crippen LogP contribution is -2.44. The molecule has 0 aliphatic carbocycles. The van der Waals surface area contributed by atoms with Gasteiger partial charge in [-0.1, -0.05) is 37.3 Å². The molecule has 1 amide bonds. The second-order valence-electron chi connectivity index (χ2n) is 6.72. The maximum atomic E-state index is 12.9. The predicted molar refractivity (Wildman–Crippen MR) is 96.1 cm³/mol. The summed E-state index contributed by atoms with van der Waals surface area (Å²) in [5.74, 6) is 0.0273.